The molecule has 0 bridgehead atoms. The number of nitrogens with zero attached hydrogens (tertiary/aromatic N) is 4. The molecule has 1 aromatic carbocycles. The third-order valence-electron chi connectivity index (χ3n) is 4.75. The van der Waals surface area contributed by atoms with Crippen molar-refractivity contribution in [2.45, 2.75) is 38.1 Å². The number of pyridine rings is 1. The second-order valence-electron chi connectivity index (χ2n) is 6.39. The fourth-order valence-electron chi connectivity index (χ4n) is 3.46. The molecule has 0 aliphatic heterocycles. The maximum Gasteiger partial charge on any atom is 0.351 e. The zero-order valence-corrected chi connectivity index (χ0v) is 13.8. The summed E-state index contributed by atoms with van der Waals surface area (Å²) < 4.78 is 16.5. The molecule has 0 atom stereocenters. The minimum absolute atomic E-state index is 0.128. The van der Waals surface area contributed by atoms with Crippen molar-refractivity contribution in [2.75, 3.05) is 0 Å². The van der Waals surface area contributed by atoms with E-state index in [1.165, 1.54) is 18.6 Å². The Hall–Kier alpha value is -2.76. The molecule has 0 amide bonds. The predicted octanol–water partition coefficient (Wildman–Crippen LogP) is 3.74. The summed E-state index contributed by atoms with van der Waals surface area (Å²) in [6.07, 6.45) is 8.73. The summed E-state index contributed by atoms with van der Waals surface area (Å²) in [6.45, 7) is 0. The van der Waals surface area contributed by atoms with Gasteiger partial charge in [0.15, 0.2) is 5.82 Å². The van der Waals surface area contributed by atoms with E-state index in [9.17, 15) is 9.18 Å². The van der Waals surface area contributed by atoms with Gasteiger partial charge >= 0.3 is 5.69 Å². The fraction of sp³-hybridized carbons (Fsp3) is 0.316. The standard InChI is InChI=1S/C19H19FN4O/c20-15-6-8-16(9-7-15)23-18(14-10-12-21-13-11-14)22-24(19(23)25)17-4-2-1-3-5-17/h6-13,17H,1-5H2. The van der Waals surface area contributed by atoms with Gasteiger partial charge in [-0.05, 0) is 49.2 Å². The van der Waals surface area contributed by atoms with Gasteiger partial charge in [0.25, 0.3) is 0 Å². The van der Waals surface area contributed by atoms with Gasteiger partial charge in [-0.25, -0.2) is 18.4 Å². The van der Waals surface area contributed by atoms with Gasteiger partial charge < -0.3 is 0 Å². The quantitative estimate of drug-likeness (QED) is 0.731. The van der Waals surface area contributed by atoms with Gasteiger partial charge in [-0.3, -0.25) is 4.98 Å². The molecule has 1 saturated carbocycles. The van der Waals surface area contributed by atoms with Gasteiger partial charge in [0.05, 0.1) is 11.7 Å². The largest absolute Gasteiger partial charge is 0.351 e. The maximum absolute atomic E-state index is 13.3. The molecule has 2 aromatic heterocycles. The van der Waals surface area contributed by atoms with Crippen LogP contribution in [-0.2, 0) is 0 Å². The van der Waals surface area contributed by atoms with E-state index in [1.54, 1.807) is 33.8 Å². The molecular formula is C19H19FN4O. The second-order valence-corrected chi connectivity index (χ2v) is 6.39. The lowest BCUT2D eigenvalue weighted by Gasteiger charge is -2.20. The summed E-state index contributed by atoms with van der Waals surface area (Å²) in [4.78, 5) is 17.1. The lowest BCUT2D eigenvalue weighted by atomic mass is 9.96. The zero-order chi connectivity index (χ0) is 17.2. The van der Waals surface area contributed by atoms with Crippen molar-refractivity contribution in [1.29, 1.82) is 0 Å². The third kappa shape index (κ3) is 2.99. The van der Waals surface area contributed by atoms with E-state index in [0.717, 1.165) is 31.2 Å². The molecule has 3 aromatic rings. The van der Waals surface area contributed by atoms with Crippen LogP contribution in [0, 0.1) is 5.82 Å². The summed E-state index contributed by atoms with van der Waals surface area (Å²) in [5, 5.41) is 4.65. The third-order valence-corrected chi connectivity index (χ3v) is 4.75. The van der Waals surface area contributed by atoms with Crippen molar-refractivity contribution < 1.29 is 4.39 Å². The van der Waals surface area contributed by atoms with Crippen LogP contribution in [-0.4, -0.2) is 19.3 Å². The predicted molar refractivity (Wildman–Crippen MR) is 93.1 cm³/mol. The minimum atomic E-state index is -0.332. The molecule has 128 valence electrons. The number of benzene rings is 1. The molecule has 4 rings (SSSR count). The van der Waals surface area contributed by atoms with E-state index in [1.807, 2.05) is 12.1 Å². The highest BCUT2D eigenvalue weighted by Gasteiger charge is 2.23. The first-order valence-corrected chi connectivity index (χ1v) is 8.62. The molecule has 25 heavy (non-hydrogen) atoms. The van der Waals surface area contributed by atoms with Gasteiger partial charge in [0.2, 0.25) is 0 Å². The molecule has 5 nitrogen and oxygen atoms in total. The SMILES string of the molecule is O=c1n(C2CCCCC2)nc(-c2ccncc2)n1-c1ccc(F)cc1. The van der Waals surface area contributed by atoms with Crippen molar-refractivity contribution in [3.63, 3.8) is 0 Å². The molecule has 0 spiro atoms. The lowest BCUT2D eigenvalue weighted by Crippen LogP contribution is -2.28. The number of halogens is 1. The molecule has 0 N–H and O–H groups in total. The van der Waals surface area contributed by atoms with Crippen LogP contribution in [0.25, 0.3) is 17.1 Å². The van der Waals surface area contributed by atoms with Gasteiger partial charge in [-0.2, -0.15) is 0 Å². The monoisotopic (exact) mass is 338 g/mol. The Morgan fingerprint density at radius 2 is 1.64 bits per heavy atom. The van der Waals surface area contributed by atoms with Gasteiger partial charge in [-0.1, -0.05) is 19.3 Å². The van der Waals surface area contributed by atoms with Crippen LogP contribution in [0.2, 0.25) is 0 Å². The van der Waals surface area contributed by atoms with Crippen LogP contribution in [0.1, 0.15) is 38.1 Å². The average Bonchev–Trinajstić information content (AvgIpc) is 3.01. The van der Waals surface area contributed by atoms with Crippen LogP contribution in [0.4, 0.5) is 4.39 Å². The van der Waals surface area contributed by atoms with Crippen LogP contribution >= 0.6 is 0 Å². The summed E-state index contributed by atoms with van der Waals surface area (Å²) >= 11 is 0. The lowest BCUT2D eigenvalue weighted by molar-refractivity contribution is 0.321. The molecule has 1 aliphatic carbocycles. The number of rotatable bonds is 3. The Bertz CT molecular complexity index is 909. The molecule has 6 heteroatoms. The highest BCUT2D eigenvalue weighted by atomic mass is 19.1. The van der Waals surface area contributed by atoms with Gasteiger partial charge in [0, 0.05) is 18.0 Å². The van der Waals surface area contributed by atoms with E-state index < -0.39 is 0 Å². The fourth-order valence-corrected chi connectivity index (χ4v) is 3.46. The number of hydrogen-bond donors (Lipinski definition) is 0. The Labute approximate surface area is 144 Å². The molecule has 0 radical (unpaired) electrons. The van der Waals surface area contributed by atoms with Gasteiger partial charge in [-0.15, -0.1) is 5.10 Å². The Balaban J connectivity index is 1.89. The molecule has 2 heterocycles. The zero-order valence-electron chi connectivity index (χ0n) is 13.8. The van der Waals surface area contributed by atoms with Crippen molar-refractivity contribution >= 4 is 0 Å². The Morgan fingerprint density at radius 1 is 0.960 bits per heavy atom. The van der Waals surface area contributed by atoms with E-state index >= 15 is 0 Å². The normalized spacial score (nSPS) is 15.4. The van der Waals surface area contributed by atoms with Crippen molar-refractivity contribution in [3.8, 4) is 17.1 Å². The Kier molecular flexibility index (Phi) is 4.17. The van der Waals surface area contributed by atoms with Crippen LogP contribution in [0.5, 0.6) is 0 Å². The summed E-state index contributed by atoms with van der Waals surface area (Å²) in [5.41, 5.74) is 1.25. The smallest absolute Gasteiger partial charge is 0.265 e. The summed E-state index contributed by atoms with van der Waals surface area (Å²) in [5.74, 6) is 0.228. The van der Waals surface area contributed by atoms with E-state index in [-0.39, 0.29) is 17.5 Å². The first kappa shape index (κ1) is 15.7. The summed E-state index contributed by atoms with van der Waals surface area (Å²) in [6, 6.07) is 9.71. The van der Waals surface area contributed by atoms with E-state index in [4.69, 9.17) is 0 Å². The first-order valence-electron chi connectivity index (χ1n) is 8.62. The Morgan fingerprint density at radius 3 is 2.32 bits per heavy atom. The van der Waals surface area contributed by atoms with Gasteiger partial charge in [0.1, 0.15) is 5.82 Å². The van der Waals surface area contributed by atoms with Crippen molar-refractivity contribution in [3.05, 3.63) is 65.1 Å². The first-order chi connectivity index (χ1) is 12.2. The maximum atomic E-state index is 13.3. The van der Waals surface area contributed by atoms with E-state index in [0.29, 0.717) is 11.5 Å². The topological polar surface area (TPSA) is 52.7 Å². The van der Waals surface area contributed by atoms with Crippen molar-refractivity contribution in [1.82, 2.24) is 19.3 Å². The van der Waals surface area contributed by atoms with Crippen molar-refractivity contribution in [2.24, 2.45) is 0 Å². The van der Waals surface area contributed by atoms with Crippen LogP contribution in [0.15, 0.2) is 53.6 Å². The molecule has 0 saturated heterocycles. The van der Waals surface area contributed by atoms with Crippen LogP contribution < -0.4 is 5.69 Å². The molecule has 0 unspecified atom stereocenters. The van der Waals surface area contributed by atoms with E-state index in [2.05, 4.69) is 10.1 Å². The summed E-state index contributed by atoms with van der Waals surface area (Å²) in [7, 11) is 0. The minimum Gasteiger partial charge on any atom is -0.265 e. The second kappa shape index (κ2) is 6.63. The number of aromatic nitrogens is 4. The molecule has 1 fully saturated rings. The molecular weight excluding hydrogens is 319 g/mol. The number of hydrogen-bond acceptors (Lipinski definition) is 3. The molecule has 1 aliphatic rings. The highest BCUT2D eigenvalue weighted by Crippen LogP contribution is 2.28. The highest BCUT2D eigenvalue weighted by molar-refractivity contribution is 5.57. The average molecular weight is 338 g/mol. The van der Waals surface area contributed by atoms with Crippen LogP contribution in [0.3, 0.4) is 0 Å².